The molecule has 134 valence electrons. The molecule has 4 nitrogen and oxygen atoms in total. The van der Waals surface area contributed by atoms with Crippen LogP contribution in [0.25, 0.3) is 0 Å². The van der Waals surface area contributed by atoms with Crippen LogP contribution in [0, 0.1) is 5.92 Å². The zero-order valence-corrected chi connectivity index (χ0v) is 15.8. The molecule has 2 atom stereocenters. The summed E-state index contributed by atoms with van der Waals surface area (Å²) >= 11 is 1.81. The van der Waals surface area contributed by atoms with Crippen molar-refractivity contribution in [3.05, 3.63) is 0 Å². The van der Waals surface area contributed by atoms with Crippen molar-refractivity contribution in [3.8, 4) is 0 Å². The fraction of sp³-hybridized carbons (Fsp3) is 0.895. The lowest BCUT2D eigenvalue weighted by Crippen LogP contribution is -2.55. The van der Waals surface area contributed by atoms with Crippen LogP contribution < -0.4 is 0 Å². The molecule has 0 bridgehead atoms. The highest BCUT2D eigenvalue weighted by atomic mass is 32.2. The van der Waals surface area contributed by atoms with Gasteiger partial charge < -0.3 is 9.80 Å². The van der Waals surface area contributed by atoms with Crippen molar-refractivity contribution in [3.63, 3.8) is 0 Å². The van der Waals surface area contributed by atoms with Crippen LogP contribution in [-0.4, -0.2) is 50.4 Å². The van der Waals surface area contributed by atoms with Crippen molar-refractivity contribution in [2.45, 2.75) is 94.6 Å². The van der Waals surface area contributed by atoms with Gasteiger partial charge in [0.1, 0.15) is 6.04 Å². The molecule has 24 heavy (non-hydrogen) atoms. The van der Waals surface area contributed by atoms with Gasteiger partial charge in [-0.2, -0.15) is 0 Å². The summed E-state index contributed by atoms with van der Waals surface area (Å²) < 4.78 is 0. The van der Waals surface area contributed by atoms with E-state index in [-0.39, 0.29) is 22.7 Å². The highest BCUT2D eigenvalue weighted by Crippen LogP contribution is 2.48. The fourth-order valence-corrected chi connectivity index (χ4v) is 6.44. The Labute approximate surface area is 149 Å². The summed E-state index contributed by atoms with van der Waals surface area (Å²) in [5.41, 5.74) is 0. The smallest absolute Gasteiger partial charge is 0.246 e. The Balaban J connectivity index is 1.50. The number of carbonyl (C=O) groups excluding carboxylic acids is 2. The number of hydrogen-bond donors (Lipinski definition) is 0. The number of thioether (sulfide) groups is 1. The standard InChI is InChI=1S/C19H30N2O2S/c1-3-13-4-6-14(7-5-13)20(15-8-9-15)18(23)16-12-24-19(2)11-10-17(22)21(16)19/h13-16H,3-12H2,1-2H3/t13?,14?,16-,19+/m1/s1. The van der Waals surface area contributed by atoms with Crippen molar-refractivity contribution in [2.24, 2.45) is 5.92 Å². The molecule has 0 N–H and O–H groups in total. The molecule has 0 aromatic heterocycles. The van der Waals surface area contributed by atoms with Crippen molar-refractivity contribution in [1.82, 2.24) is 9.80 Å². The highest BCUT2D eigenvalue weighted by molar-refractivity contribution is 8.01. The van der Waals surface area contributed by atoms with Gasteiger partial charge in [0.25, 0.3) is 0 Å². The van der Waals surface area contributed by atoms with Gasteiger partial charge in [-0.05, 0) is 57.8 Å². The van der Waals surface area contributed by atoms with Crippen LogP contribution >= 0.6 is 11.8 Å². The van der Waals surface area contributed by atoms with Crippen LogP contribution in [0.1, 0.15) is 71.6 Å². The molecule has 0 aromatic rings. The number of rotatable bonds is 4. The van der Waals surface area contributed by atoms with E-state index in [1.165, 1.54) is 19.3 Å². The molecular weight excluding hydrogens is 320 g/mol. The Morgan fingerprint density at radius 2 is 1.83 bits per heavy atom. The summed E-state index contributed by atoms with van der Waals surface area (Å²) in [7, 11) is 0. The maximum atomic E-state index is 13.4. The van der Waals surface area contributed by atoms with E-state index in [1.54, 1.807) is 0 Å². The van der Waals surface area contributed by atoms with Gasteiger partial charge in [0.2, 0.25) is 11.8 Å². The largest absolute Gasteiger partial charge is 0.335 e. The van der Waals surface area contributed by atoms with Gasteiger partial charge in [-0.25, -0.2) is 0 Å². The average Bonchev–Trinajstić information content (AvgIpc) is 3.29. The first-order valence-corrected chi connectivity index (χ1v) is 10.8. The molecule has 2 heterocycles. The first-order chi connectivity index (χ1) is 11.5. The number of fused-ring (bicyclic) bond motifs is 1. The third-order valence-electron chi connectivity index (χ3n) is 6.71. The summed E-state index contributed by atoms with van der Waals surface area (Å²) in [6.45, 7) is 4.42. The molecule has 0 radical (unpaired) electrons. The molecule has 4 rings (SSSR count). The first kappa shape index (κ1) is 16.7. The van der Waals surface area contributed by atoms with Crippen LogP contribution in [0.5, 0.6) is 0 Å². The van der Waals surface area contributed by atoms with E-state index in [4.69, 9.17) is 0 Å². The molecule has 4 aliphatic rings. The Kier molecular flexibility index (Phi) is 4.34. The SMILES string of the molecule is CCC1CCC(N(C(=O)[C@H]2CS[C@@]3(C)CCC(=O)N23)C2CC2)CC1. The minimum absolute atomic E-state index is 0.132. The second kappa shape index (κ2) is 6.22. The van der Waals surface area contributed by atoms with E-state index in [2.05, 4.69) is 18.7 Å². The second-order valence-corrected chi connectivity index (χ2v) is 9.83. The minimum Gasteiger partial charge on any atom is -0.335 e. The number of carbonyl (C=O) groups is 2. The van der Waals surface area contributed by atoms with Crippen LogP contribution in [0.4, 0.5) is 0 Å². The fourth-order valence-electron chi connectivity index (χ4n) is 5.02. The van der Waals surface area contributed by atoms with E-state index < -0.39 is 0 Å². The maximum Gasteiger partial charge on any atom is 0.246 e. The van der Waals surface area contributed by atoms with Gasteiger partial charge in [0.15, 0.2) is 0 Å². The third kappa shape index (κ3) is 2.77. The number of nitrogens with zero attached hydrogens (tertiary/aromatic N) is 2. The molecular formula is C19H30N2O2S. The van der Waals surface area contributed by atoms with Crippen molar-refractivity contribution < 1.29 is 9.59 Å². The quantitative estimate of drug-likeness (QED) is 0.780. The van der Waals surface area contributed by atoms with E-state index in [0.29, 0.717) is 18.5 Å². The molecule has 2 amide bonds. The summed E-state index contributed by atoms with van der Waals surface area (Å²) in [6, 6.07) is 0.664. The molecule has 2 saturated carbocycles. The van der Waals surface area contributed by atoms with Gasteiger partial charge in [0.05, 0.1) is 4.87 Å². The predicted octanol–water partition coefficient (Wildman–Crippen LogP) is 3.40. The summed E-state index contributed by atoms with van der Waals surface area (Å²) in [6.07, 6.45) is 9.93. The molecule has 0 unspecified atom stereocenters. The molecule has 4 fully saturated rings. The van der Waals surface area contributed by atoms with Crippen molar-refractivity contribution >= 4 is 23.6 Å². The Bertz CT molecular complexity index is 527. The summed E-state index contributed by atoms with van der Waals surface area (Å²) in [4.78, 5) is 29.8. The molecule has 2 aliphatic heterocycles. The monoisotopic (exact) mass is 350 g/mol. The van der Waals surface area contributed by atoms with Gasteiger partial charge in [-0.15, -0.1) is 11.8 Å². The zero-order valence-electron chi connectivity index (χ0n) is 15.0. The molecule has 2 saturated heterocycles. The van der Waals surface area contributed by atoms with Crippen LogP contribution in [0.2, 0.25) is 0 Å². The Morgan fingerprint density at radius 1 is 1.21 bits per heavy atom. The third-order valence-corrected chi connectivity index (χ3v) is 8.22. The minimum atomic E-state index is -0.209. The predicted molar refractivity (Wildman–Crippen MR) is 96.6 cm³/mol. The lowest BCUT2D eigenvalue weighted by atomic mass is 9.83. The van der Waals surface area contributed by atoms with Gasteiger partial charge in [-0.3, -0.25) is 9.59 Å². The van der Waals surface area contributed by atoms with E-state index >= 15 is 0 Å². The van der Waals surface area contributed by atoms with Crippen LogP contribution in [0.3, 0.4) is 0 Å². The lowest BCUT2D eigenvalue weighted by molar-refractivity contribution is -0.146. The normalized spacial score (nSPS) is 39.2. The summed E-state index contributed by atoms with van der Waals surface area (Å²) in [5, 5.41) is 0. The molecule has 0 spiro atoms. The first-order valence-electron chi connectivity index (χ1n) is 9.82. The molecule has 0 aromatic carbocycles. The lowest BCUT2D eigenvalue weighted by Gasteiger charge is -2.40. The average molecular weight is 351 g/mol. The Hall–Kier alpha value is -0.710. The van der Waals surface area contributed by atoms with Crippen molar-refractivity contribution in [2.75, 3.05) is 5.75 Å². The van der Waals surface area contributed by atoms with Crippen LogP contribution in [-0.2, 0) is 9.59 Å². The zero-order chi connectivity index (χ0) is 16.9. The van der Waals surface area contributed by atoms with E-state index in [0.717, 1.165) is 43.8 Å². The van der Waals surface area contributed by atoms with E-state index in [1.807, 2.05) is 16.7 Å². The van der Waals surface area contributed by atoms with Gasteiger partial charge in [-0.1, -0.05) is 13.3 Å². The number of amides is 2. The molecule has 2 aliphatic carbocycles. The topological polar surface area (TPSA) is 40.6 Å². The number of hydrogen-bond acceptors (Lipinski definition) is 3. The van der Waals surface area contributed by atoms with Gasteiger partial charge in [0, 0.05) is 24.3 Å². The maximum absolute atomic E-state index is 13.4. The highest BCUT2D eigenvalue weighted by Gasteiger charge is 2.55. The summed E-state index contributed by atoms with van der Waals surface area (Å²) in [5.74, 6) is 2.08. The van der Waals surface area contributed by atoms with Crippen molar-refractivity contribution in [1.29, 1.82) is 0 Å². The molecule has 5 heteroatoms. The van der Waals surface area contributed by atoms with E-state index in [9.17, 15) is 9.59 Å². The van der Waals surface area contributed by atoms with Gasteiger partial charge >= 0.3 is 0 Å². The van der Waals surface area contributed by atoms with Crippen LogP contribution in [0.15, 0.2) is 0 Å². The Morgan fingerprint density at radius 3 is 2.42 bits per heavy atom. The second-order valence-electron chi connectivity index (χ2n) is 8.33.